The molecule has 6 nitrogen and oxygen atoms in total. The van der Waals surface area contributed by atoms with Gasteiger partial charge in [-0.15, -0.1) is 0 Å². The van der Waals surface area contributed by atoms with Crippen LogP contribution in [0.2, 0.25) is 0 Å². The second-order valence-electron chi connectivity index (χ2n) is 4.81. The zero-order chi connectivity index (χ0) is 15.9. The van der Waals surface area contributed by atoms with E-state index in [9.17, 15) is 9.59 Å². The van der Waals surface area contributed by atoms with E-state index in [0.29, 0.717) is 18.8 Å². The summed E-state index contributed by atoms with van der Waals surface area (Å²) in [6, 6.07) is 7.04. The van der Waals surface area contributed by atoms with Gasteiger partial charge in [-0.05, 0) is 37.4 Å². The average molecular weight is 300 g/mol. The highest BCUT2D eigenvalue weighted by atomic mass is 16.2. The summed E-state index contributed by atoms with van der Waals surface area (Å²) in [5, 5.41) is 7.30. The number of urea groups is 1. The molecule has 0 fully saturated rings. The quantitative estimate of drug-likeness (QED) is 0.889. The molecule has 0 radical (unpaired) electrons. The molecule has 0 unspecified atom stereocenters. The molecule has 0 aliphatic rings. The van der Waals surface area contributed by atoms with Gasteiger partial charge in [-0.2, -0.15) is 0 Å². The minimum atomic E-state index is -0.395. The number of carbonyl (C=O) groups is 2. The van der Waals surface area contributed by atoms with E-state index in [2.05, 4.69) is 15.6 Å². The fraction of sp³-hybridized carbons (Fsp3) is 0.312. The lowest BCUT2D eigenvalue weighted by Crippen LogP contribution is -2.41. The van der Waals surface area contributed by atoms with Crippen molar-refractivity contribution in [3.63, 3.8) is 0 Å². The fourth-order valence-electron chi connectivity index (χ4n) is 2.18. The number of amides is 3. The Hall–Kier alpha value is -2.63. The zero-order valence-electron chi connectivity index (χ0n) is 12.8. The van der Waals surface area contributed by atoms with Crippen LogP contribution in [-0.2, 0) is 4.79 Å². The Bertz CT molecular complexity index is 668. The van der Waals surface area contributed by atoms with Gasteiger partial charge >= 0.3 is 6.03 Å². The first-order valence-electron chi connectivity index (χ1n) is 7.30. The normalized spacial score (nSPS) is 10.3. The number of rotatable bonds is 5. The predicted octanol–water partition coefficient (Wildman–Crippen LogP) is 2.22. The highest BCUT2D eigenvalue weighted by Gasteiger charge is 2.11. The third-order valence-electron chi connectivity index (χ3n) is 3.41. The second kappa shape index (κ2) is 7.40. The van der Waals surface area contributed by atoms with Crippen LogP contribution in [0.4, 0.5) is 10.5 Å². The van der Waals surface area contributed by atoms with Gasteiger partial charge in [-0.3, -0.25) is 9.78 Å². The van der Waals surface area contributed by atoms with Gasteiger partial charge in [-0.1, -0.05) is 6.07 Å². The molecule has 22 heavy (non-hydrogen) atoms. The lowest BCUT2D eigenvalue weighted by Gasteiger charge is -2.18. The predicted molar refractivity (Wildman–Crippen MR) is 86.7 cm³/mol. The molecule has 1 aromatic carbocycles. The summed E-state index contributed by atoms with van der Waals surface area (Å²) in [7, 11) is 0. The lowest BCUT2D eigenvalue weighted by molar-refractivity contribution is -0.129. The number of pyridine rings is 1. The summed E-state index contributed by atoms with van der Waals surface area (Å²) in [6.07, 6.45) is 3.47. The maximum atomic E-state index is 11.8. The highest BCUT2D eigenvalue weighted by Crippen LogP contribution is 2.17. The van der Waals surface area contributed by atoms with Crippen molar-refractivity contribution >= 4 is 28.4 Å². The van der Waals surface area contributed by atoms with E-state index in [0.717, 1.165) is 10.8 Å². The van der Waals surface area contributed by atoms with Gasteiger partial charge in [0.05, 0.1) is 6.54 Å². The Morgan fingerprint density at radius 2 is 1.91 bits per heavy atom. The van der Waals surface area contributed by atoms with Crippen LogP contribution in [0.25, 0.3) is 10.8 Å². The molecular formula is C16H20N4O2. The van der Waals surface area contributed by atoms with E-state index >= 15 is 0 Å². The Morgan fingerprint density at radius 3 is 2.64 bits per heavy atom. The van der Waals surface area contributed by atoms with Gasteiger partial charge in [0.25, 0.3) is 0 Å². The number of anilines is 1. The van der Waals surface area contributed by atoms with Crippen molar-refractivity contribution in [1.29, 1.82) is 0 Å². The van der Waals surface area contributed by atoms with Crippen LogP contribution in [0, 0.1) is 0 Å². The van der Waals surface area contributed by atoms with E-state index in [1.807, 2.05) is 32.0 Å². The van der Waals surface area contributed by atoms with Crippen molar-refractivity contribution in [2.75, 3.05) is 25.0 Å². The number of nitrogens with zero attached hydrogens (tertiary/aromatic N) is 2. The number of nitrogens with one attached hydrogen (secondary N) is 2. The summed E-state index contributed by atoms with van der Waals surface area (Å²) in [5.74, 6) is -0.0928. The first kappa shape index (κ1) is 15.8. The molecule has 0 bridgehead atoms. The molecule has 2 N–H and O–H groups in total. The third kappa shape index (κ3) is 3.94. The van der Waals surface area contributed by atoms with Crippen molar-refractivity contribution in [2.24, 2.45) is 0 Å². The molecule has 0 saturated carbocycles. The topological polar surface area (TPSA) is 74.3 Å². The molecule has 6 heteroatoms. The minimum Gasteiger partial charge on any atom is -0.342 e. The van der Waals surface area contributed by atoms with Crippen LogP contribution in [0.1, 0.15) is 13.8 Å². The van der Waals surface area contributed by atoms with Gasteiger partial charge in [0, 0.05) is 36.6 Å². The molecule has 116 valence electrons. The first-order chi connectivity index (χ1) is 10.6. The first-order valence-corrected chi connectivity index (χ1v) is 7.30. The summed E-state index contributed by atoms with van der Waals surface area (Å²) in [6.45, 7) is 5.08. The number of hydrogen-bond acceptors (Lipinski definition) is 3. The monoisotopic (exact) mass is 300 g/mol. The molecule has 0 aliphatic heterocycles. The maximum Gasteiger partial charge on any atom is 0.319 e. The molecule has 1 aromatic heterocycles. The van der Waals surface area contributed by atoms with E-state index in [4.69, 9.17) is 0 Å². The van der Waals surface area contributed by atoms with Crippen molar-refractivity contribution < 1.29 is 9.59 Å². The van der Waals surface area contributed by atoms with E-state index in [-0.39, 0.29) is 12.5 Å². The smallest absolute Gasteiger partial charge is 0.319 e. The van der Waals surface area contributed by atoms with Crippen LogP contribution >= 0.6 is 0 Å². The van der Waals surface area contributed by atoms with E-state index in [1.165, 1.54) is 0 Å². The zero-order valence-corrected chi connectivity index (χ0v) is 12.8. The second-order valence-corrected chi connectivity index (χ2v) is 4.81. The number of benzene rings is 1. The van der Waals surface area contributed by atoms with Gasteiger partial charge in [0.15, 0.2) is 0 Å². The van der Waals surface area contributed by atoms with E-state index < -0.39 is 6.03 Å². The van der Waals surface area contributed by atoms with Crippen molar-refractivity contribution in [1.82, 2.24) is 15.2 Å². The molecular weight excluding hydrogens is 280 g/mol. The van der Waals surface area contributed by atoms with Crippen LogP contribution in [0.3, 0.4) is 0 Å². The third-order valence-corrected chi connectivity index (χ3v) is 3.41. The fourth-order valence-corrected chi connectivity index (χ4v) is 2.18. The van der Waals surface area contributed by atoms with Gasteiger partial charge in [-0.25, -0.2) is 4.79 Å². The minimum absolute atomic E-state index is 0.00891. The molecule has 2 rings (SSSR count). The molecule has 3 amide bonds. The Morgan fingerprint density at radius 1 is 1.14 bits per heavy atom. The summed E-state index contributed by atoms with van der Waals surface area (Å²) >= 11 is 0. The number of carbonyl (C=O) groups excluding carboxylic acids is 2. The van der Waals surface area contributed by atoms with Crippen LogP contribution in [-0.4, -0.2) is 41.5 Å². The average Bonchev–Trinajstić information content (AvgIpc) is 2.54. The molecule has 0 saturated heterocycles. The lowest BCUT2D eigenvalue weighted by atomic mass is 10.1. The summed E-state index contributed by atoms with van der Waals surface area (Å²) in [4.78, 5) is 29.4. The van der Waals surface area contributed by atoms with Gasteiger partial charge < -0.3 is 15.5 Å². The van der Waals surface area contributed by atoms with Crippen LogP contribution in [0.15, 0.2) is 36.7 Å². The van der Waals surface area contributed by atoms with Crippen molar-refractivity contribution in [2.45, 2.75) is 13.8 Å². The molecule has 2 aromatic rings. The van der Waals surface area contributed by atoms with Crippen LogP contribution in [0.5, 0.6) is 0 Å². The number of fused-ring (bicyclic) bond motifs is 1. The molecule has 0 spiro atoms. The summed E-state index contributed by atoms with van der Waals surface area (Å²) < 4.78 is 0. The molecule has 1 heterocycles. The Kier molecular flexibility index (Phi) is 5.30. The van der Waals surface area contributed by atoms with Gasteiger partial charge in [0.1, 0.15) is 0 Å². The Balaban J connectivity index is 1.92. The summed E-state index contributed by atoms with van der Waals surface area (Å²) in [5.41, 5.74) is 0.673. The molecule has 0 atom stereocenters. The Labute approximate surface area is 129 Å². The van der Waals surface area contributed by atoms with E-state index in [1.54, 1.807) is 23.4 Å². The number of likely N-dealkylation sites (N-methyl/N-ethyl adjacent to an activating group) is 1. The number of hydrogen-bond donors (Lipinski definition) is 2. The largest absolute Gasteiger partial charge is 0.342 e. The van der Waals surface area contributed by atoms with Crippen molar-refractivity contribution in [3.8, 4) is 0 Å². The molecule has 0 aliphatic carbocycles. The van der Waals surface area contributed by atoms with Crippen LogP contribution < -0.4 is 10.6 Å². The maximum absolute atomic E-state index is 11.8. The number of aromatic nitrogens is 1. The van der Waals surface area contributed by atoms with Gasteiger partial charge in [0.2, 0.25) is 5.91 Å². The standard InChI is InChI=1S/C16H20N4O2/c1-3-20(4-2)15(21)11-18-16(22)19-14-6-5-13-10-17-8-7-12(13)9-14/h5-10H,3-4,11H2,1-2H3,(H2,18,19,22). The SMILES string of the molecule is CCN(CC)C(=O)CNC(=O)Nc1ccc2cnccc2c1. The van der Waals surface area contributed by atoms with Crippen molar-refractivity contribution in [3.05, 3.63) is 36.7 Å². The highest BCUT2D eigenvalue weighted by molar-refractivity contribution is 5.94.